The van der Waals surface area contributed by atoms with E-state index in [1.807, 2.05) is 31.2 Å². The van der Waals surface area contributed by atoms with E-state index >= 15 is 0 Å². The van der Waals surface area contributed by atoms with E-state index < -0.39 is 17.7 Å². The minimum atomic E-state index is -0.733. The third kappa shape index (κ3) is 3.75. The second-order valence-corrected chi connectivity index (χ2v) is 8.40. The average Bonchev–Trinajstić information content (AvgIpc) is 3.36. The monoisotopic (exact) mass is 455 g/mol. The first-order chi connectivity index (χ1) is 16.4. The summed E-state index contributed by atoms with van der Waals surface area (Å²) in [5.41, 5.74) is 3.77. The first-order valence-electron chi connectivity index (χ1n) is 10.9. The Kier molecular flexibility index (Phi) is 5.45. The lowest BCUT2D eigenvalue weighted by Gasteiger charge is -2.25. The van der Waals surface area contributed by atoms with Crippen LogP contribution in [0.15, 0.2) is 78.8 Å². The topological polar surface area (TPSA) is 86.3 Å². The molecule has 2 N–H and O–H groups in total. The maximum Gasteiger partial charge on any atom is 0.295 e. The van der Waals surface area contributed by atoms with Gasteiger partial charge in [-0.2, -0.15) is 0 Å². The molecule has 7 heteroatoms. The summed E-state index contributed by atoms with van der Waals surface area (Å²) in [6.45, 7) is 2.20. The summed E-state index contributed by atoms with van der Waals surface area (Å²) < 4.78 is 13.6. The van der Waals surface area contributed by atoms with Gasteiger partial charge in [-0.05, 0) is 54.8 Å². The number of benzene rings is 2. The summed E-state index contributed by atoms with van der Waals surface area (Å²) >= 11 is 0. The van der Waals surface area contributed by atoms with E-state index in [-0.39, 0.29) is 23.7 Å². The number of pyridine rings is 1. The molecule has 0 bridgehead atoms. The second kappa shape index (κ2) is 8.59. The van der Waals surface area contributed by atoms with Gasteiger partial charge >= 0.3 is 0 Å². The van der Waals surface area contributed by atoms with Crippen LogP contribution in [-0.4, -0.2) is 38.2 Å². The number of aliphatic hydroxyl groups is 1. The van der Waals surface area contributed by atoms with Gasteiger partial charge in [0.15, 0.2) is 0 Å². The fraction of sp³-hybridized carbons (Fsp3) is 0.148. The van der Waals surface area contributed by atoms with Crippen molar-refractivity contribution in [2.75, 3.05) is 6.54 Å². The number of hydrogen-bond acceptors (Lipinski definition) is 4. The Balaban J connectivity index is 1.55. The predicted molar refractivity (Wildman–Crippen MR) is 126 cm³/mol. The number of ketones is 1. The zero-order valence-electron chi connectivity index (χ0n) is 18.5. The minimum Gasteiger partial charge on any atom is -0.507 e. The summed E-state index contributed by atoms with van der Waals surface area (Å²) in [4.78, 5) is 34.8. The van der Waals surface area contributed by atoms with Gasteiger partial charge in [0, 0.05) is 41.6 Å². The van der Waals surface area contributed by atoms with Crippen molar-refractivity contribution in [3.8, 4) is 0 Å². The number of amides is 1. The lowest BCUT2D eigenvalue weighted by Crippen LogP contribution is -2.31. The summed E-state index contributed by atoms with van der Waals surface area (Å²) in [6.07, 6.45) is 5.27. The molecule has 1 amide bonds. The lowest BCUT2D eigenvalue weighted by atomic mass is 9.95. The van der Waals surface area contributed by atoms with E-state index in [0.717, 1.165) is 22.1 Å². The van der Waals surface area contributed by atoms with Crippen molar-refractivity contribution in [2.24, 2.45) is 0 Å². The molecule has 0 aliphatic carbocycles. The highest BCUT2D eigenvalue weighted by molar-refractivity contribution is 6.46. The van der Waals surface area contributed by atoms with Crippen molar-refractivity contribution in [1.29, 1.82) is 0 Å². The Labute approximate surface area is 195 Å². The SMILES string of the molecule is Cc1ccc(C2C(=C(O)c3cccnc3)C(=O)C(=O)N2CCc2c[nH]c3cc(F)ccc23)cc1. The minimum absolute atomic E-state index is 0.0443. The number of hydrogen-bond donors (Lipinski definition) is 2. The molecule has 1 fully saturated rings. The molecule has 1 saturated heterocycles. The summed E-state index contributed by atoms with van der Waals surface area (Å²) in [7, 11) is 0. The molecule has 0 spiro atoms. The molecule has 3 heterocycles. The molecule has 34 heavy (non-hydrogen) atoms. The van der Waals surface area contributed by atoms with Crippen LogP contribution in [0.3, 0.4) is 0 Å². The molecular weight excluding hydrogens is 433 g/mol. The Hall–Kier alpha value is -4.26. The largest absolute Gasteiger partial charge is 0.507 e. The number of rotatable bonds is 5. The summed E-state index contributed by atoms with van der Waals surface area (Å²) in [6, 6.07) is 14.6. The van der Waals surface area contributed by atoms with Crippen LogP contribution in [0.1, 0.15) is 28.3 Å². The van der Waals surface area contributed by atoms with Crippen LogP contribution in [0, 0.1) is 12.7 Å². The maximum atomic E-state index is 13.6. The second-order valence-electron chi connectivity index (χ2n) is 8.40. The van der Waals surface area contributed by atoms with Crippen LogP contribution >= 0.6 is 0 Å². The van der Waals surface area contributed by atoms with E-state index in [0.29, 0.717) is 17.5 Å². The predicted octanol–water partition coefficient (Wildman–Crippen LogP) is 4.67. The molecule has 2 aromatic heterocycles. The first kappa shape index (κ1) is 21.6. The fourth-order valence-electron chi connectivity index (χ4n) is 4.47. The smallest absolute Gasteiger partial charge is 0.295 e. The fourth-order valence-corrected chi connectivity index (χ4v) is 4.47. The van der Waals surface area contributed by atoms with Gasteiger partial charge in [0.1, 0.15) is 11.6 Å². The number of Topliss-reactive ketones (excluding diaryl/α,β-unsaturated/α-hetero) is 1. The Bertz CT molecular complexity index is 1420. The summed E-state index contributed by atoms with van der Waals surface area (Å²) in [5.74, 6) is -1.97. The molecule has 0 radical (unpaired) electrons. The third-order valence-corrected chi connectivity index (χ3v) is 6.22. The van der Waals surface area contributed by atoms with Crippen LogP contribution in [0.4, 0.5) is 4.39 Å². The van der Waals surface area contributed by atoms with Crippen molar-refractivity contribution >= 4 is 28.4 Å². The molecule has 4 aromatic rings. The van der Waals surface area contributed by atoms with Crippen molar-refractivity contribution < 1.29 is 19.1 Å². The maximum absolute atomic E-state index is 13.6. The van der Waals surface area contributed by atoms with Crippen LogP contribution in [-0.2, 0) is 16.0 Å². The number of carbonyl (C=O) groups excluding carboxylic acids is 2. The molecule has 6 nitrogen and oxygen atoms in total. The van der Waals surface area contributed by atoms with Crippen molar-refractivity contribution in [3.05, 3.63) is 107 Å². The number of aromatic nitrogens is 2. The Morgan fingerprint density at radius 1 is 1.15 bits per heavy atom. The number of likely N-dealkylation sites (tertiary alicyclic amines) is 1. The van der Waals surface area contributed by atoms with Crippen LogP contribution < -0.4 is 0 Å². The number of aryl methyl sites for hydroxylation is 1. The quantitative estimate of drug-likeness (QED) is 0.260. The van der Waals surface area contributed by atoms with Crippen molar-refractivity contribution in [3.63, 3.8) is 0 Å². The van der Waals surface area contributed by atoms with E-state index in [2.05, 4.69) is 9.97 Å². The lowest BCUT2D eigenvalue weighted by molar-refractivity contribution is -0.139. The molecule has 170 valence electrons. The highest BCUT2D eigenvalue weighted by Gasteiger charge is 2.45. The van der Waals surface area contributed by atoms with Crippen molar-refractivity contribution in [2.45, 2.75) is 19.4 Å². The van der Waals surface area contributed by atoms with Crippen LogP contribution in [0.5, 0.6) is 0 Å². The molecule has 1 atom stereocenters. The van der Waals surface area contributed by atoms with Gasteiger partial charge in [0.2, 0.25) is 0 Å². The molecule has 5 rings (SSSR count). The number of carbonyl (C=O) groups is 2. The average molecular weight is 455 g/mol. The van der Waals surface area contributed by atoms with Gasteiger partial charge in [0.05, 0.1) is 11.6 Å². The molecule has 0 saturated carbocycles. The van der Waals surface area contributed by atoms with Gasteiger partial charge < -0.3 is 15.0 Å². The van der Waals surface area contributed by atoms with Gasteiger partial charge in [-0.25, -0.2) is 4.39 Å². The number of aromatic amines is 1. The number of aliphatic hydroxyl groups excluding tert-OH is 1. The normalized spacial score (nSPS) is 17.6. The van der Waals surface area contributed by atoms with E-state index in [4.69, 9.17) is 0 Å². The van der Waals surface area contributed by atoms with E-state index in [1.54, 1.807) is 30.6 Å². The molecule has 1 unspecified atom stereocenters. The molecule has 1 aliphatic heterocycles. The zero-order valence-corrected chi connectivity index (χ0v) is 18.5. The number of halogens is 1. The number of nitrogens with one attached hydrogen (secondary N) is 1. The Morgan fingerprint density at radius 2 is 1.94 bits per heavy atom. The van der Waals surface area contributed by atoms with Crippen LogP contribution in [0.2, 0.25) is 0 Å². The van der Waals surface area contributed by atoms with Gasteiger partial charge in [-0.3, -0.25) is 14.6 Å². The van der Waals surface area contributed by atoms with E-state index in [9.17, 15) is 19.1 Å². The van der Waals surface area contributed by atoms with Gasteiger partial charge in [-0.1, -0.05) is 29.8 Å². The molecular formula is C27H22FN3O3. The highest BCUT2D eigenvalue weighted by atomic mass is 19.1. The van der Waals surface area contributed by atoms with Crippen molar-refractivity contribution in [1.82, 2.24) is 14.9 Å². The standard InChI is InChI=1S/C27H22FN3O3/c1-16-4-6-17(7-5-16)24-23(25(32)19-3-2-11-29-14-19)26(33)27(34)31(24)12-10-18-15-30-22-13-20(28)8-9-21(18)22/h2-9,11,13-15,24,30,32H,10,12H2,1H3. The van der Waals surface area contributed by atoms with Gasteiger partial charge in [0.25, 0.3) is 11.7 Å². The highest BCUT2D eigenvalue weighted by Crippen LogP contribution is 2.39. The van der Waals surface area contributed by atoms with E-state index in [1.165, 1.54) is 23.2 Å². The summed E-state index contributed by atoms with van der Waals surface area (Å²) in [5, 5.41) is 11.9. The number of H-pyrrole nitrogens is 1. The third-order valence-electron chi connectivity index (χ3n) is 6.22. The number of fused-ring (bicyclic) bond motifs is 1. The Morgan fingerprint density at radius 3 is 2.68 bits per heavy atom. The molecule has 1 aliphatic rings. The zero-order chi connectivity index (χ0) is 23.8. The first-order valence-corrected chi connectivity index (χ1v) is 10.9. The van der Waals surface area contributed by atoms with Gasteiger partial charge in [-0.15, -0.1) is 0 Å². The molecule has 2 aromatic carbocycles. The van der Waals surface area contributed by atoms with Crippen LogP contribution in [0.25, 0.3) is 16.7 Å². The number of nitrogens with zero attached hydrogens (tertiary/aromatic N) is 2.